The lowest BCUT2D eigenvalue weighted by Gasteiger charge is -2.34. The van der Waals surface area contributed by atoms with Crippen LogP contribution in [0.3, 0.4) is 0 Å². The summed E-state index contributed by atoms with van der Waals surface area (Å²) in [4.78, 5) is 27.3. The number of carbonyl (C=O) groups excluding carboxylic acids is 1. The maximum absolute atomic E-state index is 11.3. The lowest BCUT2D eigenvalue weighted by Crippen LogP contribution is -2.44. The van der Waals surface area contributed by atoms with Crippen LogP contribution in [-0.2, 0) is 16.1 Å². The zero-order chi connectivity index (χ0) is 22.7. The van der Waals surface area contributed by atoms with Crippen LogP contribution < -0.4 is 20.7 Å². The molecule has 0 bridgehead atoms. The molecule has 1 aliphatic heterocycles. The van der Waals surface area contributed by atoms with Gasteiger partial charge in [-0.25, -0.2) is 4.98 Å². The van der Waals surface area contributed by atoms with Crippen molar-refractivity contribution in [2.24, 2.45) is 5.73 Å². The Balaban J connectivity index is 1.81. The van der Waals surface area contributed by atoms with Crippen molar-refractivity contribution >= 4 is 28.7 Å². The average Bonchev–Trinajstić information content (AvgIpc) is 2.81. The van der Waals surface area contributed by atoms with Crippen molar-refractivity contribution in [3.05, 3.63) is 35.9 Å². The van der Waals surface area contributed by atoms with Gasteiger partial charge in [0.15, 0.2) is 5.65 Å². The number of carbonyl (C=O) groups is 1. The second-order valence-electron chi connectivity index (χ2n) is 7.56. The third-order valence-electron chi connectivity index (χ3n) is 5.35. The first-order valence-electron chi connectivity index (χ1n) is 10.3. The minimum Gasteiger partial charge on any atom is -0.496 e. The predicted octanol–water partition coefficient (Wildman–Crippen LogP) is 1.31. The molecule has 2 aromatic heterocycles. The highest BCUT2D eigenvalue weighted by Gasteiger charge is 2.24. The van der Waals surface area contributed by atoms with Crippen LogP contribution in [0.25, 0.3) is 22.3 Å². The number of aromatic nitrogens is 3. The van der Waals surface area contributed by atoms with Crippen LogP contribution in [0.4, 0.5) is 11.8 Å². The van der Waals surface area contributed by atoms with E-state index in [1.54, 1.807) is 13.2 Å². The quantitative estimate of drug-likeness (QED) is 0.499. The number of rotatable bonds is 7. The predicted molar refractivity (Wildman–Crippen MR) is 121 cm³/mol. The van der Waals surface area contributed by atoms with Gasteiger partial charge in [-0.15, -0.1) is 0 Å². The number of nitrogens with one attached hydrogen (secondary N) is 1. The number of primary amides is 1. The summed E-state index contributed by atoms with van der Waals surface area (Å²) in [5.74, 6) is 1.11. The molecule has 0 spiro atoms. The zero-order valence-corrected chi connectivity index (χ0v) is 18.0. The Bertz CT molecular complexity index is 1140. The third-order valence-corrected chi connectivity index (χ3v) is 5.35. The van der Waals surface area contributed by atoms with Crippen LogP contribution >= 0.6 is 0 Å². The van der Waals surface area contributed by atoms with Crippen molar-refractivity contribution in [1.29, 1.82) is 0 Å². The van der Waals surface area contributed by atoms with E-state index in [9.17, 15) is 9.90 Å². The molecule has 10 heteroatoms. The molecule has 1 saturated heterocycles. The topological polar surface area (TPSA) is 136 Å². The van der Waals surface area contributed by atoms with Gasteiger partial charge in [-0.2, -0.15) is 9.97 Å². The molecular weight excluding hydrogens is 412 g/mol. The fraction of sp³-hybridized carbons (Fsp3) is 0.364. The molecule has 10 nitrogen and oxygen atoms in total. The van der Waals surface area contributed by atoms with Gasteiger partial charge in [0.05, 0.1) is 50.6 Å². The van der Waals surface area contributed by atoms with Gasteiger partial charge in [0, 0.05) is 17.7 Å². The van der Waals surface area contributed by atoms with E-state index in [0.29, 0.717) is 42.4 Å². The van der Waals surface area contributed by atoms with Crippen molar-refractivity contribution in [1.82, 2.24) is 15.0 Å². The molecule has 4 rings (SSSR count). The molecule has 0 aliphatic carbocycles. The number of amides is 1. The number of anilines is 2. The van der Waals surface area contributed by atoms with E-state index in [-0.39, 0.29) is 25.1 Å². The summed E-state index contributed by atoms with van der Waals surface area (Å²) in [7, 11) is 1.56. The lowest BCUT2D eigenvalue weighted by molar-refractivity contribution is -0.116. The average molecular weight is 438 g/mol. The molecule has 1 fully saturated rings. The molecular formula is C22H26N6O4. The summed E-state index contributed by atoms with van der Waals surface area (Å²) in [6, 6.07) is 9.48. The molecule has 3 aromatic rings. The minimum atomic E-state index is -0.508. The number of morpholine rings is 1. The first-order valence-corrected chi connectivity index (χ1v) is 10.3. The van der Waals surface area contributed by atoms with Gasteiger partial charge in [0.2, 0.25) is 11.9 Å². The molecule has 1 amide bonds. The van der Waals surface area contributed by atoms with Crippen molar-refractivity contribution in [3.63, 3.8) is 0 Å². The first-order chi connectivity index (χ1) is 15.5. The molecule has 1 atom stereocenters. The molecule has 4 N–H and O–H groups in total. The number of benzene rings is 1. The molecule has 1 aliphatic rings. The van der Waals surface area contributed by atoms with E-state index >= 15 is 0 Å². The molecule has 32 heavy (non-hydrogen) atoms. The van der Waals surface area contributed by atoms with Crippen molar-refractivity contribution in [3.8, 4) is 17.0 Å². The monoisotopic (exact) mass is 438 g/mol. The fourth-order valence-corrected chi connectivity index (χ4v) is 3.72. The Hall–Kier alpha value is -3.50. The number of hydrogen-bond acceptors (Lipinski definition) is 9. The molecule has 1 aromatic carbocycles. The molecule has 0 radical (unpaired) electrons. The lowest BCUT2D eigenvalue weighted by atomic mass is 10.1. The summed E-state index contributed by atoms with van der Waals surface area (Å²) in [5.41, 5.74) is 7.94. The molecule has 0 saturated carbocycles. The van der Waals surface area contributed by atoms with Gasteiger partial charge in [-0.3, -0.25) is 4.79 Å². The number of methoxy groups -OCH3 is 1. The number of aliphatic hydroxyl groups is 1. The van der Waals surface area contributed by atoms with Crippen molar-refractivity contribution in [2.75, 3.05) is 43.6 Å². The second-order valence-corrected chi connectivity index (χ2v) is 7.56. The standard InChI is InChI=1S/C22H26N6O4/c1-13-12-32-8-7-28(13)21-16-4-5-17(14-3-6-18(31-2)15(9-14)11-29)25-20(16)26-22(27-21)24-10-19(23)30/h3-6,9,13,29H,7-8,10-12H2,1-2H3,(H2,23,30)(H,24,25,26,27)/t13-/m0/s1. The fourth-order valence-electron chi connectivity index (χ4n) is 3.72. The highest BCUT2D eigenvalue weighted by molar-refractivity contribution is 5.90. The van der Waals surface area contributed by atoms with Gasteiger partial charge < -0.3 is 30.5 Å². The number of hydrogen-bond donors (Lipinski definition) is 3. The van der Waals surface area contributed by atoms with E-state index in [0.717, 1.165) is 16.8 Å². The maximum atomic E-state index is 11.3. The third kappa shape index (κ3) is 4.41. The first kappa shape index (κ1) is 21.7. The van der Waals surface area contributed by atoms with E-state index in [2.05, 4.69) is 27.1 Å². The summed E-state index contributed by atoms with van der Waals surface area (Å²) in [6.07, 6.45) is 0. The number of aliphatic hydroxyl groups excluding tert-OH is 1. The van der Waals surface area contributed by atoms with Crippen LogP contribution in [0.15, 0.2) is 30.3 Å². The maximum Gasteiger partial charge on any atom is 0.236 e. The van der Waals surface area contributed by atoms with E-state index in [1.807, 2.05) is 24.3 Å². The number of ether oxygens (including phenoxy) is 2. The van der Waals surface area contributed by atoms with Crippen LogP contribution in [0.5, 0.6) is 5.75 Å². The highest BCUT2D eigenvalue weighted by atomic mass is 16.5. The van der Waals surface area contributed by atoms with Crippen molar-refractivity contribution in [2.45, 2.75) is 19.6 Å². The van der Waals surface area contributed by atoms with Gasteiger partial charge in [-0.05, 0) is 37.3 Å². The Morgan fingerprint density at radius 2 is 2.16 bits per heavy atom. The summed E-state index contributed by atoms with van der Waals surface area (Å²) < 4.78 is 10.9. The van der Waals surface area contributed by atoms with Crippen LogP contribution in [0.2, 0.25) is 0 Å². The Labute approximate surface area is 185 Å². The second kappa shape index (κ2) is 9.33. The Morgan fingerprint density at radius 1 is 1.31 bits per heavy atom. The van der Waals surface area contributed by atoms with E-state index in [4.69, 9.17) is 20.2 Å². The Morgan fingerprint density at radius 3 is 2.88 bits per heavy atom. The van der Waals surface area contributed by atoms with Gasteiger partial charge in [-0.1, -0.05) is 0 Å². The van der Waals surface area contributed by atoms with Crippen LogP contribution in [0.1, 0.15) is 12.5 Å². The number of nitrogens with zero attached hydrogens (tertiary/aromatic N) is 4. The molecule has 3 heterocycles. The number of pyridine rings is 1. The van der Waals surface area contributed by atoms with Crippen LogP contribution in [0, 0.1) is 0 Å². The SMILES string of the molecule is COc1ccc(-c2ccc3c(N4CCOC[C@@H]4C)nc(NCC(N)=O)nc3n2)cc1CO. The smallest absolute Gasteiger partial charge is 0.236 e. The normalized spacial score (nSPS) is 16.2. The summed E-state index contributed by atoms with van der Waals surface area (Å²) in [5, 5.41) is 13.3. The largest absolute Gasteiger partial charge is 0.496 e. The van der Waals surface area contributed by atoms with Crippen molar-refractivity contribution < 1.29 is 19.4 Å². The molecule has 168 valence electrons. The number of nitrogens with two attached hydrogens (primary N) is 1. The van der Waals surface area contributed by atoms with Gasteiger partial charge in [0.1, 0.15) is 11.6 Å². The highest BCUT2D eigenvalue weighted by Crippen LogP contribution is 2.31. The van der Waals surface area contributed by atoms with E-state index < -0.39 is 5.91 Å². The van der Waals surface area contributed by atoms with Gasteiger partial charge in [0.25, 0.3) is 0 Å². The molecule has 0 unspecified atom stereocenters. The number of fused-ring (bicyclic) bond motifs is 1. The zero-order valence-electron chi connectivity index (χ0n) is 18.0. The summed E-state index contributed by atoms with van der Waals surface area (Å²) in [6.45, 7) is 3.72. The summed E-state index contributed by atoms with van der Waals surface area (Å²) >= 11 is 0. The minimum absolute atomic E-state index is 0.0817. The van der Waals surface area contributed by atoms with Gasteiger partial charge >= 0.3 is 0 Å². The van der Waals surface area contributed by atoms with Crippen LogP contribution in [-0.4, -0.2) is 65.4 Å². The Kier molecular flexibility index (Phi) is 6.33. The van der Waals surface area contributed by atoms with E-state index in [1.165, 1.54) is 0 Å².